The highest BCUT2D eigenvalue weighted by Gasteiger charge is 2.04. The highest BCUT2D eigenvalue weighted by Crippen LogP contribution is 2.25. The van der Waals surface area contributed by atoms with Crippen molar-refractivity contribution in [2.75, 3.05) is 19.4 Å². The Morgan fingerprint density at radius 2 is 2.07 bits per heavy atom. The summed E-state index contributed by atoms with van der Waals surface area (Å²) < 4.78 is 5.17. The molecule has 29 heavy (non-hydrogen) atoms. The van der Waals surface area contributed by atoms with Gasteiger partial charge in [-0.1, -0.05) is 37.4 Å². The molecule has 0 heterocycles. The predicted octanol–water partition coefficient (Wildman–Crippen LogP) is 4.27. The Kier molecular flexibility index (Phi) is 7.98. The SMILES string of the molecule is C=C/C(=C\C=N/CC(=O)NCc1cccc(OC)c1)c1ccc(N)c(C(=C)C)c1. The van der Waals surface area contributed by atoms with Crippen LogP contribution in [-0.4, -0.2) is 25.8 Å². The number of nitrogens with zero attached hydrogens (tertiary/aromatic N) is 1. The average Bonchev–Trinajstić information content (AvgIpc) is 2.73. The molecule has 0 radical (unpaired) electrons. The monoisotopic (exact) mass is 389 g/mol. The molecule has 0 bridgehead atoms. The zero-order chi connectivity index (χ0) is 21.2. The predicted molar refractivity (Wildman–Crippen MR) is 122 cm³/mol. The highest BCUT2D eigenvalue weighted by molar-refractivity contribution is 5.90. The van der Waals surface area contributed by atoms with E-state index < -0.39 is 0 Å². The van der Waals surface area contributed by atoms with Gasteiger partial charge in [-0.2, -0.15) is 0 Å². The summed E-state index contributed by atoms with van der Waals surface area (Å²) in [5.74, 6) is 0.601. The Morgan fingerprint density at radius 1 is 1.28 bits per heavy atom. The number of nitrogens with one attached hydrogen (secondary N) is 1. The number of carbonyl (C=O) groups excluding carboxylic acids is 1. The van der Waals surface area contributed by atoms with Crippen molar-refractivity contribution in [2.24, 2.45) is 4.99 Å². The van der Waals surface area contributed by atoms with Gasteiger partial charge in [0.05, 0.1) is 7.11 Å². The minimum atomic E-state index is -0.158. The van der Waals surface area contributed by atoms with Crippen molar-refractivity contribution in [2.45, 2.75) is 13.5 Å². The van der Waals surface area contributed by atoms with Gasteiger partial charge in [0.1, 0.15) is 12.3 Å². The summed E-state index contributed by atoms with van der Waals surface area (Å²) in [6.07, 6.45) is 5.16. The molecule has 0 saturated heterocycles. The Bertz CT molecular complexity index is 958. The van der Waals surface area contributed by atoms with Crippen molar-refractivity contribution in [1.29, 1.82) is 0 Å². The molecule has 0 spiro atoms. The number of hydrogen-bond donors (Lipinski definition) is 2. The molecule has 2 rings (SSSR count). The zero-order valence-electron chi connectivity index (χ0n) is 16.9. The second kappa shape index (κ2) is 10.7. The normalized spacial score (nSPS) is 11.3. The van der Waals surface area contributed by atoms with Crippen molar-refractivity contribution < 1.29 is 9.53 Å². The minimum absolute atomic E-state index is 0.0453. The highest BCUT2D eigenvalue weighted by atomic mass is 16.5. The second-order valence-electron chi connectivity index (χ2n) is 6.53. The van der Waals surface area contributed by atoms with Gasteiger partial charge in [0.2, 0.25) is 5.91 Å². The standard InChI is InChI=1S/C24H27N3O2/c1-5-19(20-9-10-23(25)22(14-20)17(2)3)11-12-26-16-24(28)27-15-18-7-6-8-21(13-18)29-4/h5-14H,1-2,15-16,25H2,3-4H3,(H,27,28)/b19-11+,26-12-. The van der Waals surface area contributed by atoms with Crippen LogP contribution in [0.4, 0.5) is 5.69 Å². The first-order valence-electron chi connectivity index (χ1n) is 9.22. The number of nitrogens with two attached hydrogens (primary N) is 1. The molecule has 0 unspecified atom stereocenters. The van der Waals surface area contributed by atoms with E-state index in [9.17, 15) is 4.79 Å². The summed E-state index contributed by atoms with van der Waals surface area (Å²) in [4.78, 5) is 16.2. The van der Waals surface area contributed by atoms with E-state index in [1.54, 1.807) is 19.4 Å². The van der Waals surface area contributed by atoms with Crippen molar-refractivity contribution in [3.8, 4) is 5.75 Å². The van der Waals surface area contributed by atoms with E-state index in [1.807, 2.05) is 55.5 Å². The number of anilines is 1. The van der Waals surface area contributed by atoms with E-state index in [0.717, 1.165) is 33.6 Å². The van der Waals surface area contributed by atoms with Gasteiger partial charge in [0.15, 0.2) is 0 Å². The maximum absolute atomic E-state index is 12.0. The summed E-state index contributed by atoms with van der Waals surface area (Å²) in [5.41, 5.74) is 11.3. The molecule has 3 N–H and O–H groups in total. The number of aliphatic imine (C=N–C) groups is 1. The molecule has 0 aliphatic carbocycles. The molecule has 5 nitrogen and oxygen atoms in total. The van der Waals surface area contributed by atoms with E-state index in [2.05, 4.69) is 23.5 Å². The first-order valence-corrected chi connectivity index (χ1v) is 9.22. The van der Waals surface area contributed by atoms with Crippen LogP contribution in [0.2, 0.25) is 0 Å². The van der Waals surface area contributed by atoms with Crippen LogP contribution >= 0.6 is 0 Å². The van der Waals surface area contributed by atoms with Gasteiger partial charge < -0.3 is 15.8 Å². The van der Waals surface area contributed by atoms with Gasteiger partial charge in [0.25, 0.3) is 0 Å². The Balaban J connectivity index is 1.95. The Hall–Kier alpha value is -3.60. The number of amides is 1. The summed E-state index contributed by atoms with van der Waals surface area (Å²) >= 11 is 0. The van der Waals surface area contributed by atoms with E-state index in [1.165, 1.54) is 0 Å². The molecule has 2 aromatic rings. The number of carbonyl (C=O) groups is 1. The van der Waals surface area contributed by atoms with Crippen molar-refractivity contribution >= 4 is 29.0 Å². The fourth-order valence-electron chi connectivity index (χ4n) is 2.70. The number of rotatable bonds is 9. The maximum Gasteiger partial charge on any atom is 0.241 e. The third-order valence-electron chi connectivity index (χ3n) is 4.28. The fourth-order valence-corrected chi connectivity index (χ4v) is 2.70. The quantitative estimate of drug-likeness (QED) is 0.382. The molecule has 0 atom stereocenters. The molecule has 1 amide bonds. The second-order valence-corrected chi connectivity index (χ2v) is 6.53. The number of hydrogen-bond acceptors (Lipinski definition) is 4. The third kappa shape index (κ3) is 6.50. The lowest BCUT2D eigenvalue weighted by Crippen LogP contribution is -2.25. The molecule has 0 aromatic heterocycles. The van der Waals surface area contributed by atoms with Gasteiger partial charge in [-0.25, -0.2) is 0 Å². The van der Waals surface area contributed by atoms with Gasteiger partial charge >= 0.3 is 0 Å². The van der Waals surface area contributed by atoms with E-state index in [0.29, 0.717) is 12.2 Å². The molecule has 0 aliphatic rings. The smallest absolute Gasteiger partial charge is 0.241 e. The van der Waals surface area contributed by atoms with Crippen LogP contribution in [0.3, 0.4) is 0 Å². The maximum atomic E-state index is 12.0. The first-order chi connectivity index (χ1) is 13.9. The van der Waals surface area contributed by atoms with Crippen molar-refractivity contribution in [1.82, 2.24) is 5.32 Å². The molecule has 0 saturated carbocycles. The van der Waals surface area contributed by atoms with Crippen molar-refractivity contribution in [3.63, 3.8) is 0 Å². The molecule has 150 valence electrons. The minimum Gasteiger partial charge on any atom is -0.497 e. The summed E-state index contributed by atoms with van der Waals surface area (Å²) in [5, 5.41) is 2.84. The zero-order valence-corrected chi connectivity index (χ0v) is 16.9. The van der Waals surface area contributed by atoms with Crippen LogP contribution in [-0.2, 0) is 11.3 Å². The Morgan fingerprint density at radius 3 is 2.76 bits per heavy atom. The lowest BCUT2D eigenvalue weighted by molar-refractivity contribution is -0.119. The fraction of sp³-hybridized carbons (Fsp3) is 0.167. The number of ether oxygens (including phenoxy) is 1. The first kappa shape index (κ1) is 21.7. The van der Waals surface area contributed by atoms with Crippen molar-refractivity contribution in [3.05, 3.63) is 84.5 Å². The van der Waals surface area contributed by atoms with E-state index >= 15 is 0 Å². The topological polar surface area (TPSA) is 76.7 Å². The van der Waals surface area contributed by atoms with Crippen LogP contribution in [0, 0.1) is 0 Å². The van der Waals surface area contributed by atoms with E-state index in [4.69, 9.17) is 10.5 Å². The van der Waals surface area contributed by atoms with Crippen LogP contribution in [0.25, 0.3) is 11.1 Å². The molecule has 0 aliphatic heterocycles. The molecule has 0 fully saturated rings. The van der Waals surface area contributed by atoms with Crippen LogP contribution in [0.5, 0.6) is 5.75 Å². The summed E-state index contributed by atoms with van der Waals surface area (Å²) in [7, 11) is 1.61. The number of methoxy groups -OCH3 is 1. The van der Waals surface area contributed by atoms with Crippen LogP contribution in [0.1, 0.15) is 23.6 Å². The number of allylic oxidation sites excluding steroid dienone is 4. The van der Waals surface area contributed by atoms with Gasteiger partial charge in [-0.3, -0.25) is 9.79 Å². The molecule has 5 heteroatoms. The lowest BCUT2D eigenvalue weighted by atomic mass is 9.99. The number of nitrogen functional groups attached to an aromatic ring is 1. The van der Waals surface area contributed by atoms with Crippen LogP contribution < -0.4 is 15.8 Å². The molecule has 2 aromatic carbocycles. The number of benzene rings is 2. The molecular formula is C24H27N3O2. The van der Waals surface area contributed by atoms with Gasteiger partial charge in [-0.15, -0.1) is 0 Å². The summed E-state index contributed by atoms with van der Waals surface area (Å²) in [6, 6.07) is 13.3. The summed E-state index contributed by atoms with van der Waals surface area (Å²) in [6.45, 7) is 10.2. The lowest BCUT2D eigenvalue weighted by Gasteiger charge is -2.09. The van der Waals surface area contributed by atoms with Gasteiger partial charge in [0, 0.05) is 24.0 Å². The largest absolute Gasteiger partial charge is 0.497 e. The van der Waals surface area contributed by atoms with E-state index in [-0.39, 0.29) is 12.5 Å². The third-order valence-corrected chi connectivity index (χ3v) is 4.28. The average molecular weight is 389 g/mol. The van der Waals surface area contributed by atoms with Crippen LogP contribution in [0.15, 0.2) is 72.8 Å². The molecular weight excluding hydrogens is 362 g/mol. The van der Waals surface area contributed by atoms with Gasteiger partial charge in [-0.05, 0) is 59.5 Å². The Labute approximate surface area is 172 Å².